The van der Waals surface area contributed by atoms with Crippen LogP contribution in [0.3, 0.4) is 0 Å². The molecule has 0 aliphatic heterocycles. The Morgan fingerprint density at radius 2 is 1.38 bits per heavy atom. The maximum atomic E-state index is 9.27. The molecule has 1 unspecified atom stereocenters. The van der Waals surface area contributed by atoms with E-state index in [0.717, 1.165) is 19.4 Å². The Morgan fingerprint density at radius 3 is 1.79 bits per heavy atom. The Morgan fingerprint density at radius 1 is 0.917 bits per heavy atom. The van der Waals surface area contributed by atoms with Crippen molar-refractivity contribution in [3.8, 4) is 0 Å². The molecule has 132 valence electrons. The molecule has 2 N–H and O–H groups in total. The largest absolute Gasteiger partial charge is 1.00 e. The SMILES string of the molecule is C[NH+](CCC(c1ccccc1)c1ccccc1)C(C)(C)CCO.[Cl-]. The summed E-state index contributed by atoms with van der Waals surface area (Å²) in [5.41, 5.74) is 2.87. The molecule has 2 aromatic carbocycles. The lowest BCUT2D eigenvalue weighted by Crippen LogP contribution is -3.16. The molecule has 24 heavy (non-hydrogen) atoms. The van der Waals surface area contributed by atoms with Gasteiger partial charge in [0, 0.05) is 25.4 Å². The minimum absolute atomic E-state index is 0. The van der Waals surface area contributed by atoms with Crippen LogP contribution in [-0.4, -0.2) is 30.8 Å². The average Bonchev–Trinajstić information content (AvgIpc) is 2.57. The Kier molecular flexibility index (Phi) is 8.47. The Labute approximate surface area is 152 Å². The molecule has 0 spiro atoms. The van der Waals surface area contributed by atoms with Crippen LogP contribution in [0.25, 0.3) is 0 Å². The van der Waals surface area contributed by atoms with Gasteiger partial charge in [-0.3, -0.25) is 0 Å². The first-order chi connectivity index (χ1) is 11.0. The second kappa shape index (κ2) is 9.83. The maximum Gasteiger partial charge on any atom is 0.0940 e. The number of aliphatic hydroxyl groups excluding tert-OH is 1. The molecule has 2 aromatic rings. The van der Waals surface area contributed by atoms with Crippen LogP contribution in [0.1, 0.15) is 43.7 Å². The van der Waals surface area contributed by atoms with E-state index in [-0.39, 0.29) is 24.6 Å². The zero-order chi connectivity index (χ0) is 16.7. The van der Waals surface area contributed by atoms with E-state index in [1.807, 2.05) is 0 Å². The minimum Gasteiger partial charge on any atom is -1.00 e. The highest BCUT2D eigenvalue weighted by molar-refractivity contribution is 5.32. The lowest BCUT2D eigenvalue weighted by Gasteiger charge is -2.33. The fourth-order valence-electron chi connectivity index (χ4n) is 3.09. The Balaban J connectivity index is 0.00000288. The van der Waals surface area contributed by atoms with Crippen LogP contribution in [0.4, 0.5) is 0 Å². The Bertz CT molecular complexity index is 531. The molecule has 0 heterocycles. The van der Waals surface area contributed by atoms with Crippen molar-refractivity contribution in [2.24, 2.45) is 0 Å². The number of hydrogen-bond donors (Lipinski definition) is 2. The van der Waals surface area contributed by atoms with Crippen molar-refractivity contribution in [1.82, 2.24) is 0 Å². The van der Waals surface area contributed by atoms with Gasteiger partial charge in [0.1, 0.15) is 0 Å². The minimum atomic E-state index is 0. The van der Waals surface area contributed by atoms with Crippen LogP contribution in [0, 0.1) is 0 Å². The summed E-state index contributed by atoms with van der Waals surface area (Å²) in [7, 11) is 2.24. The molecule has 0 amide bonds. The van der Waals surface area contributed by atoms with E-state index in [4.69, 9.17) is 0 Å². The molecule has 0 fully saturated rings. The summed E-state index contributed by atoms with van der Waals surface area (Å²) in [6.45, 7) is 5.81. The van der Waals surface area contributed by atoms with Crippen LogP contribution in [0.15, 0.2) is 60.7 Å². The molecule has 0 radical (unpaired) electrons. The second-order valence-corrected chi connectivity index (χ2v) is 7.05. The monoisotopic (exact) mass is 347 g/mol. The molecule has 2 rings (SSSR count). The van der Waals surface area contributed by atoms with Gasteiger partial charge in [0.05, 0.1) is 19.1 Å². The van der Waals surface area contributed by atoms with Crippen LogP contribution in [0.2, 0.25) is 0 Å². The van der Waals surface area contributed by atoms with Gasteiger partial charge in [-0.05, 0) is 25.0 Å². The van der Waals surface area contributed by atoms with E-state index in [9.17, 15) is 5.11 Å². The third-order valence-electron chi connectivity index (χ3n) is 5.10. The summed E-state index contributed by atoms with van der Waals surface area (Å²) in [6, 6.07) is 21.6. The summed E-state index contributed by atoms with van der Waals surface area (Å²) in [6.07, 6.45) is 1.94. The molecule has 0 saturated carbocycles. The van der Waals surface area contributed by atoms with Crippen molar-refractivity contribution in [3.63, 3.8) is 0 Å². The molecule has 0 bridgehead atoms. The smallest absolute Gasteiger partial charge is 0.0940 e. The zero-order valence-corrected chi connectivity index (χ0v) is 15.8. The summed E-state index contributed by atoms with van der Waals surface area (Å²) in [4.78, 5) is 1.48. The van der Waals surface area contributed by atoms with Gasteiger partial charge >= 0.3 is 0 Å². The van der Waals surface area contributed by atoms with Crippen LogP contribution in [-0.2, 0) is 0 Å². The van der Waals surface area contributed by atoms with Crippen molar-refractivity contribution in [2.45, 2.75) is 38.1 Å². The van der Waals surface area contributed by atoms with Gasteiger partial charge < -0.3 is 22.4 Å². The van der Waals surface area contributed by atoms with E-state index in [1.165, 1.54) is 16.0 Å². The lowest BCUT2D eigenvalue weighted by molar-refractivity contribution is -0.931. The number of nitrogens with one attached hydrogen (secondary N) is 1. The summed E-state index contributed by atoms with van der Waals surface area (Å²) in [5.74, 6) is 0.428. The van der Waals surface area contributed by atoms with Crippen LogP contribution >= 0.6 is 0 Å². The summed E-state index contributed by atoms with van der Waals surface area (Å²) >= 11 is 0. The second-order valence-electron chi connectivity index (χ2n) is 7.05. The van der Waals surface area contributed by atoms with Crippen LogP contribution < -0.4 is 17.3 Å². The van der Waals surface area contributed by atoms with Gasteiger partial charge in [0.15, 0.2) is 0 Å². The molecular formula is C21H30ClNO. The molecule has 0 saturated heterocycles. The van der Waals surface area contributed by atoms with Gasteiger partial charge in [-0.15, -0.1) is 0 Å². The highest BCUT2D eigenvalue weighted by Crippen LogP contribution is 2.27. The number of benzene rings is 2. The highest BCUT2D eigenvalue weighted by Gasteiger charge is 2.27. The standard InChI is InChI=1S/C21H29NO.ClH/c1-21(2,15-17-23)22(3)16-14-20(18-10-6-4-7-11-18)19-12-8-5-9-13-19;/h4-13,20,23H,14-17H2,1-3H3;1H. The molecule has 1 atom stereocenters. The zero-order valence-electron chi connectivity index (χ0n) is 15.0. The average molecular weight is 348 g/mol. The van der Waals surface area contributed by atoms with Gasteiger partial charge in [0.25, 0.3) is 0 Å². The number of quaternary nitrogens is 1. The molecular weight excluding hydrogens is 318 g/mol. The third-order valence-corrected chi connectivity index (χ3v) is 5.10. The number of halogens is 1. The van der Waals surface area contributed by atoms with Gasteiger partial charge in [-0.1, -0.05) is 60.7 Å². The van der Waals surface area contributed by atoms with E-state index >= 15 is 0 Å². The summed E-state index contributed by atoms with van der Waals surface area (Å²) in [5, 5.41) is 9.27. The van der Waals surface area contributed by atoms with Crippen molar-refractivity contribution in [3.05, 3.63) is 71.8 Å². The predicted octanol–water partition coefficient (Wildman–Crippen LogP) is -0.112. The van der Waals surface area contributed by atoms with E-state index in [2.05, 4.69) is 81.6 Å². The third kappa shape index (κ3) is 5.62. The molecule has 0 aromatic heterocycles. The quantitative estimate of drug-likeness (QED) is 0.684. The van der Waals surface area contributed by atoms with Gasteiger partial charge in [-0.25, -0.2) is 0 Å². The number of hydrogen-bond acceptors (Lipinski definition) is 1. The molecule has 3 heteroatoms. The van der Waals surface area contributed by atoms with Gasteiger partial charge in [-0.2, -0.15) is 0 Å². The predicted molar refractivity (Wildman–Crippen MR) is 96.9 cm³/mol. The fourth-order valence-corrected chi connectivity index (χ4v) is 3.09. The van der Waals surface area contributed by atoms with Crippen molar-refractivity contribution in [2.75, 3.05) is 20.2 Å². The normalized spacial score (nSPS) is 12.7. The first-order valence-electron chi connectivity index (χ1n) is 8.58. The van der Waals surface area contributed by atoms with Crippen molar-refractivity contribution in [1.29, 1.82) is 0 Å². The van der Waals surface area contributed by atoms with Crippen molar-refractivity contribution >= 4 is 0 Å². The maximum absolute atomic E-state index is 9.27. The van der Waals surface area contributed by atoms with E-state index in [1.54, 1.807) is 0 Å². The first kappa shape index (κ1) is 20.7. The number of aliphatic hydroxyl groups is 1. The number of rotatable bonds is 8. The Hall–Kier alpha value is -1.35. The molecule has 2 nitrogen and oxygen atoms in total. The summed E-state index contributed by atoms with van der Waals surface area (Å²) < 4.78 is 0. The van der Waals surface area contributed by atoms with E-state index in [0.29, 0.717) is 5.92 Å². The van der Waals surface area contributed by atoms with Crippen molar-refractivity contribution < 1.29 is 22.4 Å². The van der Waals surface area contributed by atoms with E-state index < -0.39 is 0 Å². The fraction of sp³-hybridized carbons (Fsp3) is 0.429. The first-order valence-corrected chi connectivity index (χ1v) is 8.58. The lowest BCUT2D eigenvalue weighted by atomic mass is 9.88. The topological polar surface area (TPSA) is 24.7 Å². The molecule has 0 aliphatic rings. The molecule has 0 aliphatic carbocycles. The van der Waals surface area contributed by atoms with Crippen LogP contribution in [0.5, 0.6) is 0 Å². The highest BCUT2D eigenvalue weighted by atomic mass is 35.5. The van der Waals surface area contributed by atoms with Gasteiger partial charge in [0.2, 0.25) is 0 Å².